The molecule has 0 bridgehead atoms. The molecule has 1 N–H and O–H groups in total. The molecule has 0 spiro atoms. The van der Waals surface area contributed by atoms with Crippen LogP contribution in [-0.2, 0) is 4.74 Å². The molecule has 1 rings (SSSR count). The largest absolute Gasteiger partial charge is 0.506 e. The molecule has 5 heteroatoms. The van der Waals surface area contributed by atoms with E-state index in [9.17, 15) is 4.79 Å². The van der Waals surface area contributed by atoms with E-state index in [1.165, 1.54) is 19.2 Å². The molecule has 13 heavy (non-hydrogen) atoms. The van der Waals surface area contributed by atoms with Crippen LogP contribution >= 0.6 is 27.5 Å². The number of methoxy groups -OCH3 is 1. The average molecular weight is 265 g/mol. The molecule has 0 atom stereocenters. The van der Waals surface area contributed by atoms with E-state index in [2.05, 4.69) is 20.7 Å². The lowest BCUT2D eigenvalue weighted by Crippen LogP contribution is -2.02. The predicted octanol–water partition coefficient (Wildman–Crippen LogP) is 2.59. The first-order chi connectivity index (χ1) is 6.07. The van der Waals surface area contributed by atoms with E-state index in [1.807, 2.05) is 0 Å². The van der Waals surface area contributed by atoms with E-state index in [0.717, 1.165) is 0 Å². The number of hydrogen-bond donors (Lipinski definition) is 1. The van der Waals surface area contributed by atoms with Crippen LogP contribution in [0.25, 0.3) is 0 Å². The summed E-state index contributed by atoms with van der Waals surface area (Å²) in [5, 5.41) is 9.26. The van der Waals surface area contributed by atoms with Crippen molar-refractivity contribution in [1.82, 2.24) is 0 Å². The standard InChI is InChI=1S/C8H6BrClO3/c1-13-8(12)4-2-3-5(11)7(10)6(4)9/h2-3,11H,1H3. The summed E-state index contributed by atoms with van der Waals surface area (Å²) in [6.45, 7) is 0. The zero-order chi connectivity index (χ0) is 10.0. The number of ether oxygens (including phenoxy) is 1. The number of phenolic OH excluding ortho intramolecular Hbond substituents is 1. The zero-order valence-corrected chi connectivity index (χ0v) is 9.02. The van der Waals surface area contributed by atoms with Crippen LogP contribution in [0.1, 0.15) is 10.4 Å². The summed E-state index contributed by atoms with van der Waals surface area (Å²) in [4.78, 5) is 11.1. The SMILES string of the molecule is COC(=O)c1ccc(O)c(Cl)c1Br. The second-order valence-electron chi connectivity index (χ2n) is 2.25. The van der Waals surface area contributed by atoms with Gasteiger partial charge < -0.3 is 9.84 Å². The number of carbonyl (C=O) groups excluding carboxylic acids is 1. The van der Waals surface area contributed by atoms with Crippen LogP contribution in [0.3, 0.4) is 0 Å². The van der Waals surface area contributed by atoms with Crippen molar-refractivity contribution in [3.63, 3.8) is 0 Å². The van der Waals surface area contributed by atoms with Crippen LogP contribution in [0.5, 0.6) is 5.75 Å². The number of benzene rings is 1. The van der Waals surface area contributed by atoms with Gasteiger partial charge in [-0.2, -0.15) is 0 Å². The highest BCUT2D eigenvalue weighted by molar-refractivity contribution is 9.10. The topological polar surface area (TPSA) is 46.5 Å². The summed E-state index contributed by atoms with van der Waals surface area (Å²) in [5.74, 6) is -0.588. The van der Waals surface area contributed by atoms with Crippen LogP contribution in [0.4, 0.5) is 0 Å². The smallest absolute Gasteiger partial charge is 0.339 e. The lowest BCUT2D eigenvalue weighted by atomic mass is 10.2. The van der Waals surface area contributed by atoms with Gasteiger partial charge >= 0.3 is 5.97 Å². The lowest BCUT2D eigenvalue weighted by Gasteiger charge is -2.04. The summed E-state index contributed by atoms with van der Waals surface area (Å²) in [5.41, 5.74) is 0.283. The normalized spacial score (nSPS) is 9.77. The van der Waals surface area contributed by atoms with Crippen LogP contribution in [0, 0.1) is 0 Å². The van der Waals surface area contributed by atoms with Gasteiger partial charge in [0.2, 0.25) is 0 Å². The van der Waals surface area contributed by atoms with Gasteiger partial charge in [-0.1, -0.05) is 11.6 Å². The maximum atomic E-state index is 11.1. The average Bonchev–Trinajstić information content (AvgIpc) is 2.13. The van der Waals surface area contributed by atoms with Gasteiger partial charge in [0.1, 0.15) is 5.75 Å². The van der Waals surface area contributed by atoms with E-state index in [0.29, 0.717) is 4.47 Å². The van der Waals surface area contributed by atoms with Gasteiger partial charge in [-0.05, 0) is 28.1 Å². The number of rotatable bonds is 1. The van der Waals surface area contributed by atoms with Gasteiger partial charge in [0, 0.05) is 0 Å². The van der Waals surface area contributed by atoms with Crippen LogP contribution in [0.15, 0.2) is 16.6 Å². The Kier molecular flexibility index (Phi) is 3.17. The number of phenols is 1. The molecule has 0 aliphatic carbocycles. The Bertz CT molecular complexity index is 351. The van der Waals surface area contributed by atoms with Crippen molar-refractivity contribution in [2.75, 3.05) is 7.11 Å². The molecular formula is C8H6BrClO3. The minimum Gasteiger partial charge on any atom is -0.506 e. The van der Waals surface area contributed by atoms with Gasteiger partial charge in [0.25, 0.3) is 0 Å². The molecule has 3 nitrogen and oxygen atoms in total. The molecule has 0 aliphatic rings. The Morgan fingerprint density at radius 3 is 2.77 bits per heavy atom. The van der Waals surface area contributed by atoms with Crippen molar-refractivity contribution in [1.29, 1.82) is 0 Å². The van der Waals surface area contributed by atoms with Crippen molar-refractivity contribution in [2.45, 2.75) is 0 Å². The summed E-state index contributed by atoms with van der Waals surface area (Å²) in [6.07, 6.45) is 0. The molecule has 0 unspecified atom stereocenters. The highest BCUT2D eigenvalue weighted by Gasteiger charge is 2.14. The van der Waals surface area contributed by atoms with Crippen molar-refractivity contribution < 1.29 is 14.6 Å². The minimum atomic E-state index is -0.506. The highest BCUT2D eigenvalue weighted by Crippen LogP contribution is 2.34. The molecule has 0 radical (unpaired) electrons. The third kappa shape index (κ3) is 1.95. The Morgan fingerprint density at radius 1 is 1.62 bits per heavy atom. The maximum absolute atomic E-state index is 11.1. The Morgan fingerprint density at radius 2 is 2.23 bits per heavy atom. The van der Waals surface area contributed by atoms with E-state index in [-0.39, 0.29) is 16.3 Å². The zero-order valence-electron chi connectivity index (χ0n) is 6.67. The van der Waals surface area contributed by atoms with Crippen LogP contribution in [-0.4, -0.2) is 18.2 Å². The summed E-state index contributed by atoms with van der Waals surface area (Å²) >= 11 is 8.76. The monoisotopic (exact) mass is 264 g/mol. The Labute approximate surface area is 88.4 Å². The first-order valence-electron chi connectivity index (χ1n) is 3.33. The number of carbonyl (C=O) groups is 1. The molecule has 0 saturated carbocycles. The van der Waals surface area contributed by atoms with E-state index >= 15 is 0 Å². The lowest BCUT2D eigenvalue weighted by molar-refractivity contribution is 0.0599. The fraction of sp³-hybridized carbons (Fsp3) is 0.125. The molecule has 70 valence electrons. The number of hydrogen-bond acceptors (Lipinski definition) is 3. The van der Waals surface area contributed by atoms with Crippen molar-refractivity contribution in [3.8, 4) is 5.75 Å². The molecule has 0 aliphatic heterocycles. The fourth-order valence-corrected chi connectivity index (χ4v) is 1.47. The molecule has 0 saturated heterocycles. The van der Waals surface area contributed by atoms with Crippen molar-refractivity contribution in [3.05, 3.63) is 27.2 Å². The predicted molar refractivity (Wildman–Crippen MR) is 52.2 cm³/mol. The fourth-order valence-electron chi connectivity index (χ4n) is 0.807. The van der Waals surface area contributed by atoms with Gasteiger partial charge in [-0.25, -0.2) is 4.79 Å². The second kappa shape index (κ2) is 3.98. The van der Waals surface area contributed by atoms with Gasteiger partial charge in [0.05, 0.1) is 22.2 Å². The molecule has 0 fully saturated rings. The molecule has 1 aromatic carbocycles. The molecule has 0 heterocycles. The summed E-state index contributed by atoms with van der Waals surface area (Å²) in [6, 6.07) is 2.76. The van der Waals surface area contributed by atoms with E-state index < -0.39 is 5.97 Å². The van der Waals surface area contributed by atoms with Gasteiger partial charge in [-0.3, -0.25) is 0 Å². The second-order valence-corrected chi connectivity index (χ2v) is 3.42. The van der Waals surface area contributed by atoms with E-state index in [4.69, 9.17) is 16.7 Å². The summed E-state index contributed by atoms with van der Waals surface area (Å²) in [7, 11) is 1.27. The number of aromatic hydroxyl groups is 1. The molecule has 0 amide bonds. The molecule has 0 aromatic heterocycles. The third-order valence-electron chi connectivity index (χ3n) is 1.47. The number of esters is 1. The Hall–Kier alpha value is -0.740. The number of halogens is 2. The highest BCUT2D eigenvalue weighted by atomic mass is 79.9. The van der Waals surface area contributed by atoms with E-state index in [1.54, 1.807) is 0 Å². The first kappa shape index (κ1) is 10.3. The minimum absolute atomic E-state index is 0.0822. The van der Waals surface area contributed by atoms with Crippen molar-refractivity contribution in [2.24, 2.45) is 0 Å². The first-order valence-corrected chi connectivity index (χ1v) is 4.50. The van der Waals surface area contributed by atoms with Crippen molar-refractivity contribution >= 4 is 33.5 Å². The van der Waals surface area contributed by atoms with Crippen LogP contribution < -0.4 is 0 Å². The maximum Gasteiger partial charge on any atom is 0.339 e. The van der Waals surface area contributed by atoms with Gasteiger partial charge in [-0.15, -0.1) is 0 Å². The third-order valence-corrected chi connectivity index (χ3v) is 2.90. The molecular weight excluding hydrogens is 259 g/mol. The Balaban J connectivity index is 3.26. The van der Waals surface area contributed by atoms with Gasteiger partial charge in [0.15, 0.2) is 0 Å². The quantitative estimate of drug-likeness (QED) is 0.794. The summed E-state index contributed by atoms with van der Waals surface area (Å²) < 4.78 is 4.84. The van der Waals surface area contributed by atoms with Crippen LogP contribution in [0.2, 0.25) is 5.02 Å². The molecule has 1 aromatic rings.